The van der Waals surface area contributed by atoms with E-state index in [2.05, 4.69) is 13.5 Å². The van der Waals surface area contributed by atoms with Gasteiger partial charge in [0.1, 0.15) is 0 Å². The van der Waals surface area contributed by atoms with Crippen molar-refractivity contribution < 1.29 is 9.53 Å². The normalized spacial score (nSPS) is 13.9. The van der Waals surface area contributed by atoms with Gasteiger partial charge < -0.3 is 4.74 Å². The van der Waals surface area contributed by atoms with Crippen molar-refractivity contribution in [3.63, 3.8) is 0 Å². The third-order valence-corrected chi connectivity index (χ3v) is 2.83. The van der Waals surface area contributed by atoms with Crippen LogP contribution < -0.4 is 0 Å². The van der Waals surface area contributed by atoms with E-state index in [1.54, 1.807) is 0 Å². The van der Waals surface area contributed by atoms with E-state index in [-0.39, 0.29) is 11.4 Å². The van der Waals surface area contributed by atoms with Crippen LogP contribution >= 0.6 is 0 Å². The lowest BCUT2D eigenvalue weighted by molar-refractivity contribution is -0.142. The SMILES string of the molecule is C=CCC(C)(CC(=O)OC)c1ccccc1. The van der Waals surface area contributed by atoms with Crippen LogP contribution in [-0.4, -0.2) is 13.1 Å². The Morgan fingerprint density at radius 3 is 2.56 bits per heavy atom. The molecule has 1 aromatic carbocycles. The van der Waals surface area contributed by atoms with Gasteiger partial charge in [-0.3, -0.25) is 4.79 Å². The van der Waals surface area contributed by atoms with Crippen LogP contribution in [0, 0.1) is 0 Å². The number of benzene rings is 1. The minimum absolute atomic E-state index is 0.187. The van der Waals surface area contributed by atoms with E-state index in [0.29, 0.717) is 6.42 Å². The van der Waals surface area contributed by atoms with Gasteiger partial charge in [0.15, 0.2) is 0 Å². The number of esters is 1. The highest BCUT2D eigenvalue weighted by molar-refractivity contribution is 5.71. The monoisotopic (exact) mass is 218 g/mol. The molecule has 0 N–H and O–H groups in total. The Kier molecular flexibility index (Phi) is 4.29. The van der Waals surface area contributed by atoms with E-state index < -0.39 is 0 Å². The zero-order chi connectivity index (χ0) is 12.0. The molecule has 0 saturated carbocycles. The van der Waals surface area contributed by atoms with Crippen molar-refractivity contribution in [2.75, 3.05) is 7.11 Å². The quantitative estimate of drug-likeness (QED) is 0.560. The summed E-state index contributed by atoms with van der Waals surface area (Å²) in [5, 5.41) is 0. The summed E-state index contributed by atoms with van der Waals surface area (Å²) in [6.45, 7) is 5.81. The van der Waals surface area contributed by atoms with Crippen molar-refractivity contribution in [1.82, 2.24) is 0 Å². The number of methoxy groups -OCH3 is 1. The smallest absolute Gasteiger partial charge is 0.306 e. The molecule has 0 amide bonds. The van der Waals surface area contributed by atoms with E-state index >= 15 is 0 Å². The lowest BCUT2D eigenvalue weighted by atomic mass is 9.77. The van der Waals surface area contributed by atoms with Gasteiger partial charge in [0, 0.05) is 5.41 Å². The van der Waals surface area contributed by atoms with Gasteiger partial charge in [0.2, 0.25) is 0 Å². The first-order valence-corrected chi connectivity index (χ1v) is 5.35. The van der Waals surface area contributed by atoms with Gasteiger partial charge in [-0.15, -0.1) is 6.58 Å². The molecule has 0 aliphatic heterocycles. The van der Waals surface area contributed by atoms with Crippen LogP contribution in [0.1, 0.15) is 25.3 Å². The summed E-state index contributed by atoms with van der Waals surface area (Å²) in [5.41, 5.74) is 0.913. The highest BCUT2D eigenvalue weighted by Gasteiger charge is 2.28. The Bertz CT molecular complexity index is 356. The molecule has 0 fully saturated rings. The maximum atomic E-state index is 11.4. The fourth-order valence-electron chi connectivity index (χ4n) is 1.84. The van der Waals surface area contributed by atoms with Crippen molar-refractivity contribution >= 4 is 5.97 Å². The zero-order valence-electron chi connectivity index (χ0n) is 9.90. The van der Waals surface area contributed by atoms with Gasteiger partial charge in [-0.1, -0.05) is 43.3 Å². The summed E-state index contributed by atoms with van der Waals surface area (Å²) >= 11 is 0. The number of allylic oxidation sites excluding steroid dienone is 1. The average molecular weight is 218 g/mol. The Morgan fingerprint density at radius 1 is 1.44 bits per heavy atom. The predicted molar refractivity (Wildman–Crippen MR) is 65.2 cm³/mol. The van der Waals surface area contributed by atoms with Gasteiger partial charge in [-0.25, -0.2) is 0 Å². The lowest BCUT2D eigenvalue weighted by Crippen LogP contribution is -2.25. The first kappa shape index (κ1) is 12.5. The molecule has 1 aromatic rings. The number of hydrogen-bond donors (Lipinski definition) is 0. The number of hydrogen-bond acceptors (Lipinski definition) is 2. The third-order valence-electron chi connectivity index (χ3n) is 2.83. The number of carbonyl (C=O) groups is 1. The highest BCUT2D eigenvalue weighted by atomic mass is 16.5. The molecular formula is C14H18O2. The molecule has 1 unspecified atom stereocenters. The van der Waals surface area contributed by atoms with Crippen molar-refractivity contribution in [3.05, 3.63) is 48.6 Å². The summed E-state index contributed by atoms with van der Waals surface area (Å²) in [6, 6.07) is 10.00. The van der Waals surface area contributed by atoms with Crippen LogP contribution in [0.2, 0.25) is 0 Å². The van der Waals surface area contributed by atoms with Gasteiger partial charge in [0.25, 0.3) is 0 Å². The van der Waals surface area contributed by atoms with E-state index in [1.807, 2.05) is 36.4 Å². The standard InChI is InChI=1S/C14H18O2/c1-4-10-14(2,11-13(15)16-3)12-8-6-5-7-9-12/h4-9H,1,10-11H2,2-3H3. The molecule has 0 spiro atoms. The molecule has 1 rings (SSSR count). The van der Waals surface area contributed by atoms with Gasteiger partial charge >= 0.3 is 5.97 Å². The molecular weight excluding hydrogens is 200 g/mol. The van der Waals surface area contributed by atoms with E-state index in [0.717, 1.165) is 12.0 Å². The molecule has 0 bridgehead atoms. The second-order valence-electron chi connectivity index (χ2n) is 4.17. The van der Waals surface area contributed by atoms with E-state index in [1.165, 1.54) is 7.11 Å². The number of ether oxygens (including phenoxy) is 1. The molecule has 2 heteroatoms. The molecule has 0 aliphatic carbocycles. The second-order valence-corrected chi connectivity index (χ2v) is 4.17. The topological polar surface area (TPSA) is 26.3 Å². The van der Waals surface area contributed by atoms with Crippen molar-refractivity contribution in [3.8, 4) is 0 Å². The Hall–Kier alpha value is -1.57. The van der Waals surface area contributed by atoms with Crippen LogP contribution in [0.3, 0.4) is 0 Å². The van der Waals surface area contributed by atoms with Gasteiger partial charge in [-0.05, 0) is 12.0 Å². The second kappa shape index (κ2) is 5.50. The summed E-state index contributed by atoms with van der Waals surface area (Å²) in [7, 11) is 1.42. The molecule has 0 saturated heterocycles. The Labute approximate surface area is 96.9 Å². The Balaban J connectivity index is 2.96. The molecule has 2 nitrogen and oxygen atoms in total. The highest BCUT2D eigenvalue weighted by Crippen LogP contribution is 2.31. The van der Waals surface area contributed by atoms with Crippen molar-refractivity contribution in [2.24, 2.45) is 0 Å². The van der Waals surface area contributed by atoms with Crippen LogP contribution in [-0.2, 0) is 14.9 Å². The Morgan fingerprint density at radius 2 is 2.06 bits per heavy atom. The predicted octanol–water partition coefficient (Wildman–Crippen LogP) is 3.08. The van der Waals surface area contributed by atoms with Crippen molar-refractivity contribution in [2.45, 2.75) is 25.2 Å². The molecule has 0 heterocycles. The zero-order valence-corrected chi connectivity index (χ0v) is 9.90. The fourth-order valence-corrected chi connectivity index (χ4v) is 1.84. The van der Waals surface area contributed by atoms with E-state index in [9.17, 15) is 4.79 Å². The van der Waals surface area contributed by atoms with Gasteiger partial charge in [-0.2, -0.15) is 0 Å². The number of rotatable bonds is 5. The van der Waals surface area contributed by atoms with Crippen LogP contribution in [0.4, 0.5) is 0 Å². The molecule has 0 aliphatic rings. The largest absolute Gasteiger partial charge is 0.469 e. The lowest BCUT2D eigenvalue weighted by Gasteiger charge is -2.27. The molecule has 16 heavy (non-hydrogen) atoms. The fraction of sp³-hybridized carbons (Fsp3) is 0.357. The summed E-state index contributed by atoms with van der Waals surface area (Å²) in [6.07, 6.45) is 2.97. The third kappa shape index (κ3) is 2.96. The van der Waals surface area contributed by atoms with Crippen LogP contribution in [0.15, 0.2) is 43.0 Å². The van der Waals surface area contributed by atoms with Crippen LogP contribution in [0.25, 0.3) is 0 Å². The first-order chi connectivity index (χ1) is 7.62. The maximum absolute atomic E-state index is 11.4. The number of carbonyl (C=O) groups excluding carboxylic acids is 1. The molecule has 86 valence electrons. The minimum atomic E-state index is -0.226. The average Bonchev–Trinajstić information content (AvgIpc) is 2.30. The van der Waals surface area contributed by atoms with Crippen molar-refractivity contribution in [1.29, 1.82) is 0 Å². The molecule has 0 radical (unpaired) electrons. The summed E-state index contributed by atoms with van der Waals surface area (Å²) < 4.78 is 4.74. The molecule has 0 aromatic heterocycles. The maximum Gasteiger partial charge on any atom is 0.306 e. The summed E-state index contributed by atoms with van der Waals surface area (Å²) in [5.74, 6) is -0.187. The first-order valence-electron chi connectivity index (χ1n) is 5.35. The summed E-state index contributed by atoms with van der Waals surface area (Å²) in [4.78, 5) is 11.4. The minimum Gasteiger partial charge on any atom is -0.469 e. The molecule has 1 atom stereocenters. The van der Waals surface area contributed by atoms with Gasteiger partial charge in [0.05, 0.1) is 13.5 Å². The van der Waals surface area contributed by atoms with Crippen LogP contribution in [0.5, 0.6) is 0 Å². The van der Waals surface area contributed by atoms with E-state index in [4.69, 9.17) is 4.74 Å².